The Labute approximate surface area is 124 Å². The van der Waals surface area contributed by atoms with Crippen molar-refractivity contribution >= 4 is 33.3 Å². The number of nitrogens with zero attached hydrogens (tertiary/aromatic N) is 3. The summed E-state index contributed by atoms with van der Waals surface area (Å²) >= 11 is 1.70. The molecule has 108 valence electrons. The quantitative estimate of drug-likeness (QED) is 0.914. The molecule has 2 aromatic rings. The Bertz CT molecular complexity index is 616. The molecule has 4 nitrogen and oxygen atoms in total. The van der Waals surface area contributed by atoms with Gasteiger partial charge in [0.1, 0.15) is 10.6 Å². The number of rotatable bonds is 5. The fraction of sp³-hybridized carbons (Fsp3) is 0.600. The average Bonchev–Trinajstić information content (AvgIpc) is 3.11. The number of aromatic nitrogens is 2. The van der Waals surface area contributed by atoms with Gasteiger partial charge in [-0.2, -0.15) is 4.98 Å². The fourth-order valence-electron chi connectivity index (χ4n) is 2.51. The summed E-state index contributed by atoms with van der Waals surface area (Å²) in [6.07, 6.45) is 3.73. The summed E-state index contributed by atoms with van der Waals surface area (Å²) < 4.78 is 0. The summed E-state index contributed by atoms with van der Waals surface area (Å²) in [4.78, 5) is 13.7. The predicted octanol–water partition coefficient (Wildman–Crippen LogP) is 3.60. The molecule has 0 aromatic carbocycles. The van der Waals surface area contributed by atoms with E-state index in [0.717, 1.165) is 22.6 Å². The molecule has 0 bridgehead atoms. The lowest BCUT2D eigenvalue weighted by atomic mass is 10.1. The first-order valence-corrected chi connectivity index (χ1v) is 8.16. The molecule has 3 rings (SSSR count). The Balaban J connectivity index is 2.00. The number of nitrogen functional groups attached to an aromatic ring is 1. The Hall–Kier alpha value is -1.36. The zero-order valence-corrected chi connectivity index (χ0v) is 13.2. The van der Waals surface area contributed by atoms with E-state index in [1.165, 1.54) is 24.1 Å². The maximum absolute atomic E-state index is 5.91. The highest BCUT2D eigenvalue weighted by atomic mass is 32.1. The minimum Gasteiger partial charge on any atom is -0.368 e. The molecular formula is C15H22N4S. The van der Waals surface area contributed by atoms with Crippen molar-refractivity contribution in [3.05, 3.63) is 10.9 Å². The lowest BCUT2D eigenvalue weighted by molar-refractivity contribution is 0.569. The van der Waals surface area contributed by atoms with Gasteiger partial charge in [-0.3, -0.25) is 0 Å². The highest BCUT2D eigenvalue weighted by molar-refractivity contribution is 7.18. The van der Waals surface area contributed by atoms with Gasteiger partial charge in [-0.25, -0.2) is 4.98 Å². The SMILES string of the molecule is Cc1cc2c(N(CCC(C)C)C3CC3)nc(N)nc2s1. The standard InChI is InChI=1S/C15H22N4S/c1-9(2)6-7-19(11-4-5-11)13-12-8-10(3)20-14(12)18-15(16)17-13/h8-9,11H,4-7H2,1-3H3,(H2,16,17,18). The topological polar surface area (TPSA) is 55.0 Å². The van der Waals surface area contributed by atoms with Crippen molar-refractivity contribution in [3.8, 4) is 0 Å². The maximum Gasteiger partial charge on any atom is 0.223 e. The van der Waals surface area contributed by atoms with Crippen molar-refractivity contribution in [1.82, 2.24) is 9.97 Å². The molecule has 0 atom stereocenters. The molecular weight excluding hydrogens is 268 g/mol. The number of thiophene rings is 1. The largest absolute Gasteiger partial charge is 0.368 e. The average molecular weight is 290 g/mol. The Morgan fingerprint density at radius 3 is 2.80 bits per heavy atom. The van der Waals surface area contributed by atoms with Crippen LogP contribution in [0.15, 0.2) is 6.07 Å². The van der Waals surface area contributed by atoms with Gasteiger partial charge in [-0.15, -0.1) is 11.3 Å². The zero-order chi connectivity index (χ0) is 14.3. The van der Waals surface area contributed by atoms with E-state index in [0.29, 0.717) is 17.9 Å². The molecule has 0 aliphatic heterocycles. The first kappa shape index (κ1) is 13.6. The summed E-state index contributed by atoms with van der Waals surface area (Å²) in [5.74, 6) is 2.14. The lowest BCUT2D eigenvalue weighted by Gasteiger charge is -2.25. The van der Waals surface area contributed by atoms with Crippen molar-refractivity contribution in [1.29, 1.82) is 0 Å². The van der Waals surface area contributed by atoms with Gasteiger partial charge in [0.05, 0.1) is 5.39 Å². The molecule has 0 unspecified atom stereocenters. The van der Waals surface area contributed by atoms with Crippen LogP contribution >= 0.6 is 11.3 Å². The molecule has 1 fully saturated rings. The number of hydrogen-bond acceptors (Lipinski definition) is 5. The Kier molecular flexibility index (Phi) is 3.54. The highest BCUT2D eigenvalue weighted by Crippen LogP contribution is 2.37. The van der Waals surface area contributed by atoms with E-state index in [9.17, 15) is 0 Å². The number of nitrogens with two attached hydrogens (primary N) is 1. The van der Waals surface area contributed by atoms with E-state index in [4.69, 9.17) is 5.73 Å². The van der Waals surface area contributed by atoms with Gasteiger partial charge in [0, 0.05) is 17.5 Å². The Morgan fingerprint density at radius 1 is 1.40 bits per heavy atom. The molecule has 0 radical (unpaired) electrons. The third-order valence-corrected chi connectivity index (χ3v) is 4.66. The zero-order valence-electron chi connectivity index (χ0n) is 12.4. The normalized spacial score (nSPS) is 15.2. The summed E-state index contributed by atoms with van der Waals surface area (Å²) in [7, 11) is 0. The van der Waals surface area contributed by atoms with Crippen LogP contribution in [-0.4, -0.2) is 22.6 Å². The molecule has 0 saturated heterocycles. The van der Waals surface area contributed by atoms with E-state index < -0.39 is 0 Å². The lowest BCUT2D eigenvalue weighted by Crippen LogP contribution is -2.29. The summed E-state index contributed by atoms with van der Waals surface area (Å²) in [6.45, 7) is 7.71. The fourth-order valence-corrected chi connectivity index (χ4v) is 3.39. The van der Waals surface area contributed by atoms with Gasteiger partial charge in [-0.1, -0.05) is 13.8 Å². The number of aryl methyl sites for hydroxylation is 1. The highest BCUT2D eigenvalue weighted by Gasteiger charge is 2.31. The molecule has 1 saturated carbocycles. The molecule has 2 heterocycles. The van der Waals surface area contributed by atoms with Crippen LogP contribution in [0.3, 0.4) is 0 Å². The van der Waals surface area contributed by atoms with E-state index in [2.05, 4.69) is 41.7 Å². The molecule has 0 spiro atoms. The van der Waals surface area contributed by atoms with E-state index in [1.54, 1.807) is 11.3 Å². The summed E-state index contributed by atoms with van der Waals surface area (Å²) in [5, 5.41) is 1.16. The van der Waals surface area contributed by atoms with Gasteiger partial charge < -0.3 is 10.6 Å². The van der Waals surface area contributed by atoms with Gasteiger partial charge in [0.2, 0.25) is 5.95 Å². The van der Waals surface area contributed by atoms with Gasteiger partial charge in [0.15, 0.2) is 0 Å². The monoisotopic (exact) mass is 290 g/mol. The predicted molar refractivity (Wildman–Crippen MR) is 86.4 cm³/mol. The van der Waals surface area contributed by atoms with Crippen molar-refractivity contribution in [2.75, 3.05) is 17.2 Å². The van der Waals surface area contributed by atoms with Crippen LogP contribution in [0.2, 0.25) is 0 Å². The second-order valence-corrected chi connectivity index (χ2v) is 7.32. The van der Waals surface area contributed by atoms with Crippen LogP contribution in [0.5, 0.6) is 0 Å². The minimum absolute atomic E-state index is 0.393. The molecule has 2 N–H and O–H groups in total. The first-order valence-electron chi connectivity index (χ1n) is 7.35. The van der Waals surface area contributed by atoms with Gasteiger partial charge in [-0.05, 0) is 38.2 Å². The van der Waals surface area contributed by atoms with Crippen LogP contribution in [0.4, 0.5) is 11.8 Å². The third kappa shape index (κ3) is 2.73. The number of hydrogen-bond donors (Lipinski definition) is 1. The molecule has 0 amide bonds. The third-order valence-electron chi connectivity index (χ3n) is 3.72. The molecule has 2 aromatic heterocycles. The van der Waals surface area contributed by atoms with Crippen molar-refractivity contribution in [2.24, 2.45) is 5.92 Å². The summed E-state index contributed by atoms with van der Waals surface area (Å²) in [6, 6.07) is 2.84. The van der Waals surface area contributed by atoms with Crippen LogP contribution in [-0.2, 0) is 0 Å². The van der Waals surface area contributed by atoms with Gasteiger partial charge >= 0.3 is 0 Å². The number of fused-ring (bicyclic) bond motifs is 1. The second kappa shape index (κ2) is 5.20. The van der Waals surface area contributed by atoms with Crippen molar-refractivity contribution in [2.45, 2.75) is 46.1 Å². The van der Waals surface area contributed by atoms with Crippen LogP contribution in [0.25, 0.3) is 10.2 Å². The van der Waals surface area contributed by atoms with Crippen LogP contribution in [0, 0.1) is 12.8 Å². The van der Waals surface area contributed by atoms with Crippen molar-refractivity contribution < 1.29 is 0 Å². The summed E-state index contributed by atoms with van der Waals surface area (Å²) in [5.41, 5.74) is 5.91. The van der Waals surface area contributed by atoms with Crippen LogP contribution in [0.1, 0.15) is 38.0 Å². The smallest absolute Gasteiger partial charge is 0.223 e. The van der Waals surface area contributed by atoms with E-state index in [-0.39, 0.29) is 0 Å². The van der Waals surface area contributed by atoms with E-state index in [1.807, 2.05) is 0 Å². The van der Waals surface area contributed by atoms with Gasteiger partial charge in [0.25, 0.3) is 0 Å². The van der Waals surface area contributed by atoms with E-state index >= 15 is 0 Å². The first-order chi connectivity index (χ1) is 9.54. The molecule has 1 aliphatic rings. The Morgan fingerprint density at radius 2 is 2.15 bits per heavy atom. The molecule has 20 heavy (non-hydrogen) atoms. The van der Waals surface area contributed by atoms with Crippen LogP contribution < -0.4 is 10.6 Å². The second-order valence-electron chi connectivity index (χ2n) is 6.09. The maximum atomic E-state index is 5.91. The molecule has 5 heteroatoms. The minimum atomic E-state index is 0.393. The number of anilines is 2. The molecule has 1 aliphatic carbocycles. The van der Waals surface area contributed by atoms with Crippen molar-refractivity contribution in [3.63, 3.8) is 0 Å².